The van der Waals surface area contributed by atoms with Crippen molar-refractivity contribution >= 4 is 36.0 Å². The number of aliphatic imine (C=N–C) groups is 1. The molecule has 0 aromatic rings. The average molecular weight is 538 g/mol. The van der Waals surface area contributed by atoms with Gasteiger partial charge in [0.05, 0.1) is 0 Å². The van der Waals surface area contributed by atoms with Crippen molar-refractivity contribution < 1.29 is 9.53 Å². The van der Waals surface area contributed by atoms with Crippen LogP contribution in [0.1, 0.15) is 60.3 Å². The molecular formula is C22H44IN5O2. The summed E-state index contributed by atoms with van der Waals surface area (Å²) in [6, 6.07) is 0.930. The number of carbonyl (C=O) groups excluding carboxylic acids is 1. The van der Waals surface area contributed by atoms with Gasteiger partial charge in [0.2, 0.25) is 0 Å². The number of ether oxygens (including phenoxy) is 1. The number of nitrogens with one attached hydrogen (secondary N) is 2. The van der Waals surface area contributed by atoms with Crippen molar-refractivity contribution in [3.8, 4) is 0 Å². The van der Waals surface area contributed by atoms with Crippen LogP contribution in [0.25, 0.3) is 0 Å². The Hall–Kier alpha value is -0.770. The topological polar surface area (TPSA) is 69.2 Å². The molecule has 1 amide bonds. The van der Waals surface area contributed by atoms with Gasteiger partial charge in [-0.1, -0.05) is 13.8 Å². The first-order chi connectivity index (χ1) is 13.6. The highest BCUT2D eigenvalue weighted by atomic mass is 127. The predicted molar refractivity (Wildman–Crippen MR) is 135 cm³/mol. The Kier molecular flexibility index (Phi) is 11.2. The molecule has 176 valence electrons. The van der Waals surface area contributed by atoms with Gasteiger partial charge in [-0.15, -0.1) is 24.0 Å². The van der Waals surface area contributed by atoms with Gasteiger partial charge in [0.1, 0.15) is 5.60 Å². The van der Waals surface area contributed by atoms with Gasteiger partial charge >= 0.3 is 6.09 Å². The van der Waals surface area contributed by atoms with Gasteiger partial charge in [-0.25, -0.2) is 4.79 Å². The van der Waals surface area contributed by atoms with Gasteiger partial charge in [0.25, 0.3) is 0 Å². The number of halogens is 1. The minimum Gasteiger partial charge on any atom is -0.444 e. The molecule has 0 bridgehead atoms. The molecule has 2 fully saturated rings. The Labute approximate surface area is 200 Å². The maximum atomic E-state index is 12.1. The van der Waals surface area contributed by atoms with E-state index < -0.39 is 5.60 Å². The van der Waals surface area contributed by atoms with Crippen LogP contribution < -0.4 is 10.6 Å². The molecule has 2 unspecified atom stereocenters. The monoisotopic (exact) mass is 537 g/mol. The molecule has 0 aromatic carbocycles. The summed E-state index contributed by atoms with van der Waals surface area (Å²) in [6.07, 6.45) is 4.55. The Bertz CT molecular complexity index is 560. The molecule has 2 atom stereocenters. The van der Waals surface area contributed by atoms with E-state index in [2.05, 4.69) is 46.3 Å². The van der Waals surface area contributed by atoms with E-state index >= 15 is 0 Å². The number of carbonyl (C=O) groups is 1. The van der Waals surface area contributed by atoms with E-state index in [0.29, 0.717) is 11.8 Å². The smallest absolute Gasteiger partial charge is 0.407 e. The van der Waals surface area contributed by atoms with E-state index in [1.54, 1.807) is 0 Å². The highest BCUT2D eigenvalue weighted by Crippen LogP contribution is 2.31. The fraction of sp³-hybridized carbons (Fsp3) is 0.909. The van der Waals surface area contributed by atoms with E-state index in [1.807, 2.05) is 27.8 Å². The number of guanidine groups is 1. The van der Waals surface area contributed by atoms with Crippen LogP contribution in [0.4, 0.5) is 4.79 Å². The Balaban J connectivity index is 0.00000450. The summed E-state index contributed by atoms with van der Waals surface area (Å²) in [5, 5.41) is 6.58. The maximum absolute atomic E-state index is 12.1. The number of nitrogens with zero attached hydrogens (tertiary/aromatic N) is 3. The second-order valence-electron chi connectivity index (χ2n) is 10.0. The van der Waals surface area contributed by atoms with E-state index in [9.17, 15) is 4.79 Å². The SMILES string of the molecule is CN=C(NCC1CCN(C2CC2)C1)N(C)CCC(NC(=O)OC(C)(C)C)C(C)C.I. The largest absolute Gasteiger partial charge is 0.444 e. The number of hydrogen-bond acceptors (Lipinski definition) is 4. The molecule has 0 spiro atoms. The summed E-state index contributed by atoms with van der Waals surface area (Å²) < 4.78 is 5.42. The minimum absolute atomic E-state index is 0. The summed E-state index contributed by atoms with van der Waals surface area (Å²) in [5.74, 6) is 1.96. The zero-order valence-corrected chi connectivity index (χ0v) is 22.4. The van der Waals surface area contributed by atoms with Crippen LogP contribution in [-0.2, 0) is 4.74 Å². The normalized spacial score (nSPS) is 21.2. The molecular weight excluding hydrogens is 493 g/mol. The summed E-state index contributed by atoms with van der Waals surface area (Å²) >= 11 is 0. The third-order valence-electron chi connectivity index (χ3n) is 5.79. The fourth-order valence-electron chi connectivity index (χ4n) is 3.89. The first-order valence-electron chi connectivity index (χ1n) is 11.2. The van der Waals surface area contributed by atoms with Crippen LogP contribution in [0.5, 0.6) is 0 Å². The molecule has 1 saturated heterocycles. The van der Waals surface area contributed by atoms with Crippen LogP contribution in [0, 0.1) is 11.8 Å². The average Bonchev–Trinajstić information content (AvgIpc) is 3.36. The number of alkyl carbamates (subject to hydrolysis) is 1. The summed E-state index contributed by atoms with van der Waals surface area (Å²) in [7, 11) is 3.90. The molecule has 1 aliphatic heterocycles. The van der Waals surface area contributed by atoms with Crippen LogP contribution in [0.2, 0.25) is 0 Å². The standard InChI is InChI=1S/C22H43N5O2.HI/c1-16(2)19(25-21(28)29-22(3,4)5)11-12-26(7)20(23-6)24-14-17-10-13-27(15-17)18-8-9-18;/h16-19H,8-15H2,1-7H3,(H,23,24)(H,25,28);1H. The first-order valence-corrected chi connectivity index (χ1v) is 11.2. The van der Waals surface area contributed by atoms with Crippen molar-refractivity contribution in [3.63, 3.8) is 0 Å². The second-order valence-corrected chi connectivity index (χ2v) is 10.0. The molecule has 1 heterocycles. The van der Waals surface area contributed by atoms with Gasteiger partial charge in [-0.3, -0.25) is 4.99 Å². The number of amides is 1. The minimum atomic E-state index is -0.482. The lowest BCUT2D eigenvalue weighted by Gasteiger charge is -2.29. The molecule has 1 aliphatic carbocycles. The third-order valence-corrected chi connectivity index (χ3v) is 5.79. The Morgan fingerprint density at radius 1 is 1.27 bits per heavy atom. The fourth-order valence-corrected chi connectivity index (χ4v) is 3.89. The van der Waals surface area contributed by atoms with E-state index in [4.69, 9.17) is 4.74 Å². The molecule has 0 radical (unpaired) electrons. The Morgan fingerprint density at radius 2 is 1.93 bits per heavy atom. The summed E-state index contributed by atoms with van der Waals surface area (Å²) in [4.78, 5) is 21.4. The van der Waals surface area contributed by atoms with Gasteiger partial charge in [-0.05, 0) is 64.8 Å². The second kappa shape index (κ2) is 12.3. The molecule has 2 rings (SSSR count). The third kappa shape index (κ3) is 9.58. The lowest BCUT2D eigenvalue weighted by molar-refractivity contribution is 0.0486. The van der Waals surface area contributed by atoms with Gasteiger partial charge in [0.15, 0.2) is 5.96 Å². The van der Waals surface area contributed by atoms with Crippen molar-refractivity contribution in [3.05, 3.63) is 0 Å². The quantitative estimate of drug-likeness (QED) is 0.282. The van der Waals surface area contributed by atoms with Gasteiger partial charge in [-0.2, -0.15) is 0 Å². The lowest BCUT2D eigenvalue weighted by Crippen LogP contribution is -2.46. The molecule has 0 aromatic heterocycles. The Morgan fingerprint density at radius 3 is 2.47 bits per heavy atom. The molecule has 1 saturated carbocycles. The molecule has 7 nitrogen and oxygen atoms in total. The summed E-state index contributed by atoms with van der Waals surface area (Å²) in [6.45, 7) is 14.2. The van der Waals surface area contributed by atoms with Crippen molar-refractivity contribution in [1.29, 1.82) is 0 Å². The zero-order chi connectivity index (χ0) is 21.6. The van der Waals surface area contributed by atoms with Crippen LogP contribution in [0.3, 0.4) is 0 Å². The van der Waals surface area contributed by atoms with Gasteiger partial charge < -0.3 is 25.2 Å². The van der Waals surface area contributed by atoms with Gasteiger partial charge in [0, 0.05) is 45.8 Å². The van der Waals surface area contributed by atoms with E-state index in [-0.39, 0.29) is 36.1 Å². The molecule has 30 heavy (non-hydrogen) atoms. The van der Waals surface area contributed by atoms with Crippen LogP contribution >= 0.6 is 24.0 Å². The zero-order valence-electron chi connectivity index (χ0n) is 20.0. The highest BCUT2D eigenvalue weighted by Gasteiger charge is 2.34. The lowest BCUT2D eigenvalue weighted by atomic mass is 10.0. The number of hydrogen-bond donors (Lipinski definition) is 2. The molecule has 2 N–H and O–H groups in total. The van der Waals surface area contributed by atoms with Crippen molar-refractivity contribution in [2.75, 3.05) is 40.3 Å². The van der Waals surface area contributed by atoms with Crippen molar-refractivity contribution in [2.24, 2.45) is 16.8 Å². The van der Waals surface area contributed by atoms with E-state index in [1.165, 1.54) is 32.4 Å². The number of rotatable bonds is 8. The van der Waals surface area contributed by atoms with Crippen molar-refractivity contribution in [2.45, 2.75) is 78.0 Å². The van der Waals surface area contributed by atoms with E-state index in [0.717, 1.165) is 31.5 Å². The predicted octanol–water partition coefficient (Wildman–Crippen LogP) is 3.54. The number of likely N-dealkylation sites (tertiary alicyclic amines) is 1. The summed E-state index contributed by atoms with van der Waals surface area (Å²) in [5.41, 5.74) is -0.482. The molecule has 8 heteroatoms. The first kappa shape index (κ1) is 27.3. The van der Waals surface area contributed by atoms with Crippen LogP contribution in [-0.4, -0.2) is 79.8 Å². The molecule has 2 aliphatic rings. The van der Waals surface area contributed by atoms with Crippen molar-refractivity contribution in [1.82, 2.24) is 20.4 Å². The maximum Gasteiger partial charge on any atom is 0.407 e. The highest BCUT2D eigenvalue weighted by molar-refractivity contribution is 14.0. The van der Waals surface area contributed by atoms with Crippen LogP contribution in [0.15, 0.2) is 4.99 Å².